The van der Waals surface area contributed by atoms with Crippen LogP contribution in [0.4, 0.5) is 0 Å². The Morgan fingerprint density at radius 2 is 1.48 bits per heavy atom. The van der Waals surface area contributed by atoms with E-state index in [2.05, 4.69) is 13.8 Å². The Hall–Kier alpha value is -1.50. The summed E-state index contributed by atoms with van der Waals surface area (Å²) in [6.07, 6.45) is 8.56. The molecule has 2 unspecified atom stereocenters. The molecule has 0 aromatic rings. The average molecular weight is 316 g/mol. The number of hydrogen-bond acceptors (Lipinski definition) is 5. The van der Waals surface area contributed by atoms with Gasteiger partial charge in [-0.05, 0) is 12.8 Å². The van der Waals surface area contributed by atoms with Crippen LogP contribution in [0.15, 0.2) is 11.3 Å². The Morgan fingerprint density at radius 3 is 1.91 bits per heavy atom. The topological polar surface area (TPSA) is 75.3 Å². The molecule has 0 saturated carbocycles. The third-order valence-corrected chi connectivity index (χ3v) is 4.55. The SMILES string of the molecule is CCCCCC1OB2OC(=C(C#N)C#N)C1C(CCCCC)O2. The molecule has 3 aliphatic rings. The second-order valence-corrected chi connectivity index (χ2v) is 6.24. The number of allylic oxidation sites excluding steroid dienone is 1. The van der Waals surface area contributed by atoms with Crippen molar-refractivity contribution in [2.75, 3.05) is 0 Å². The molecule has 2 bridgehead atoms. The predicted octanol–water partition coefficient (Wildman–Crippen LogP) is 3.86. The molecular weight excluding hydrogens is 291 g/mol. The van der Waals surface area contributed by atoms with Crippen LogP contribution in [0, 0.1) is 28.6 Å². The molecule has 3 fully saturated rings. The number of unbranched alkanes of at least 4 members (excludes halogenated alkanes) is 4. The van der Waals surface area contributed by atoms with Crippen LogP contribution in [-0.2, 0) is 14.0 Å². The molecule has 23 heavy (non-hydrogen) atoms. The lowest BCUT2D eigenvalue weighted by Crippen LogP contribution is -2.56. The largest absolute Gasteiger partial charge is 0.713 e. The zero-order valence-electron chi connectivity index (χ0n) is 14.1. The van der Waals surface area contributed by atoms with Gasteiger partial charge in [0.15, 0.2) is 5.57 Å². The van der Waals surface area contributed by atoms with Gasteiger partial charge in [0.25, 0.3) is 0 Å². The van der Waals surface area contributed by atoms with E-state index in [0.717, 1.165) is 51.4 Å². The molecule has 3 aliphatic heterocycles. The van der Waals surface area contributed by atoms with E-state index < -0.39 is 7.32 Å². The van der Waals surface area contributed by atoms with Crippen molar-refractivity contribution in [1.29, 1.82) is 10.5 Å². The molecule has 0 aromatic heterocycles. The van der Waals surface area contributed by atoms with Gasteiger partial charge in [0.2, 0.25) is 0 Å². The van der Waals surface area contributed by atoms with Gasteiger partial charge in [0.05, 0.1) is 18.1 Å². The van der Waals surface area contributed by atoms with Crippen molar-refractivity contribution in [1.82, 2.24) is 0 Å². The fourth-order valence-electron chi connectivity index (χ4n) is 3.35. The Bertz CT molecular complexity index is 473. The van der Waals surface area contributed by atoms with Crippen molar-refractivity contribution in [3.8, 4) is 12.1 Å². The maximum absolute atomic E-state index is 9.22. The maximum atomic E-state index is 9.22. The first-order valence-corrected chi connectivity index (χ1v) is 8.77. The van der Waals surface area contributed by atoms with E-state index in [4.69, 9.17) is 14.0 Å². The Labute approximate surface area is 139 Å². The van der Waals surface area contributed by atoms with Crippen LogP contribution in [-0.4, -0.2) is 19.5 Å². The summed E-state index contributed by atoms with van der Waals surface area (Å²) in [5.41, 5.74) is 0.0626. The molecule has 0 aliphatic carbocycles. The number of fused-ring (bicyclic) bond motifs is 3. The minimum atomic E-state index is -0.773. The second kappa shape index (κ2) is 8.96. The zero-order chi connectivity index (χ0) is 16.7. The number of rotatable bonds is 8. The van der Waals surface area contributed by atoms with Crippen LogP contribution in [0.5, 0.6) is 0 Å². The molecule has 0 amide bonds. The van der Waals surface area contributed by atoms with Crippen molar-refractivity contribution in [3.05, 3.63) is 11.3 Å². The predicted molar refractivity (Wildman–Crippen MR) is 86.6 cm³/mol. The summed E-state index contributed by atoms with van der Waals surface area (Å²) in [5, 5.41) is 18.4. The van der Waals surface area contributed by atoms with Crippen LogP contribution >= 0.6 is 0 Å². The first kappa shape index (κ1) is 17.9. The highest BCUT2D eigenvalue weighted by Crippen LogP contribution is 2.42. The summed E-state index contributed by atoms with van der Waals surface area (Å²) in [7, 11) is -0.773. The lowest BCUT2D eigenvalue weighted by Gasteiger charge is -2.46. The number of nitriles is 2. The minimum Gasteiger partial charge on any atom is -0.513 e. The Kier molecular flexibility index (Phi) is 6.96. The van der Waals surface area contributed by atoms with Crippen molar-refractivity contribution in [2.45, 2.75) is 77.4 Å². The molecule has 6 heteroatoms. The highest BCUT2D eigenvalue weighted by molar-refractivity contribution is 6.37. The molecule has 124 valence electrons. The van der Waals surface area contributed by atoms with Gasteiger partial charge < -0.3 is 14.0 Å². The fourth-order valence-corrected chi connectivity index (χ4v) is 3.35. The van der Waals surface area contributed by atoms with Gasteiger partial charge in [-0.1, -0.05) is 52.4 Å². The molecule has 3 heterocycles. The van der Waals surface area contributed by atoms with E-state index in [0.29, 0.717) is 5.76 Å². The van der Waals surface area contributed by atoms with Crippen molar-refractivity contribution >= 4 is 7.32 Å². The molecule has 3 rings (SSSR count). The molecular formula is C17H25BN2O3. The Morgan fingerprint density at radius 1 is 0.957 bits per heavy atom. The molecule has 0 aromatic carbocycles. The number of hydrogen-bond donors (Lipinski definition) is 0. The smallest absolute Gasteiger partial charge is 0.513 e. The van der Waals surface area contributed by atoms with Crippen LogP contribution in [0.25, 0.3) is 0 Å². The van der Waals surface area contributed by atoms with Gasteiger partial charge in [-0.15, -0.1) is 0 Å². The molecule has 2 atom stereocenters. The first-order valence-electron chi connectivity index (χ1n) is 8.77. The van der Waals surface area contributed by atoms with Gasteiger partial charge in [-0.25, -0.2) is 0 Å². The van der Waals surface area contributed by atoms with Crippen LogP contribution in [0.3, 0.4) is 0 Å². The van der Waals surface area contributed by atoms with Crippen molar-refractivity contribution in [3.63, 3.8) is 0 Å². The standard InChI is InChI=1S/C17H25BN2O3/c1-3-5-7-9-14-16-15(10-8-6-4-2)22-18(21-14)23-17(16)13(11-19)12-20/h14-16H,3-10H2,1-2H3. The summed E-state index contributed by atoms with van der Waals surface area (Å²) in [5.74, 6) is 0.350. The van der Waals surface area contributed by atoms with Crippen LogP contribution in [0.2, 0.25) is 0 Å². The third kappa shape index (κ3) is 4.28. The molecule has 3 saturated heterocycles. The van der Waals surface area contributed by atoms with E-state index >= 15 is 0 Å². The average Bonchev–Trinajstić information content (AvgIpc) is 2.56. The van der Waals surface area contributed by atoms with Crippen LogP contribution in [0.1, 0.15) is 65.2 Å². The second-order valence-electron chi connectivity index (χ2n) is 6.24. The molecule has 5 nitrogen and oxygen atoms in total. The Balaban J connectivity index is 2.17. The van der Waals surface area contributed by atoms with Gasteiger partial charge in [0.1, 0.15) is 17.9 Å². The highest BCUT2D eigenvalue weighted by atomic mass is 16.8. The minimum absolute atomic E-state index is 0.0209. The van der Waals surface area contributed by atoms with Gasteiger partial charge in [-0.3, -0.25) is 0 Å². The lowest BCUT2D eigenvalue weighted by atomic mass is 9.80. The van der Waals surface area contributed by atoms with E-state index in [1.54, 1.807) is 0 Å². The molecule has 0 N–H and O–H groups in total. The van der Waals surface area contributed by atoms with Crippen molar-refractivity contribution < 1.29 is 14.0 Å². The summed E-state index contributed by atoms with van der Waals surface area (Å²) >= 11 is 0. The monoisotopic (exact) mass is 316 g/mol. The van der Waals surface area contributed by atoms with E-state index in [1.165, 1.54) is 0 Å². The molecule has 0 radical (unpaired) electrons. The van der Waals surface area contributed by atoms with Gasteiger partial charge in [-0.2, -0.15) is 10.5 Å². The number of nitrogens with zero attached hydrogens (tertiary/aromatic N) is 2. The highest BCUT2D eigenvalue weighted by Gasteiger charge is 2.53. The van der Waals surface area contributed by atoms with Gasteiger partial charge >= 0.3 is 7.32 Å². The van der Waals surface area contributed by atoms with E-state index in [9.17, 15) is 10.5 Å². The summed E-state index contributed by atoms with van der Waals surface area (Å²) in [4.78, 5) is 0. The lowest BCUT2D eigenvalue weighted by molar-refractivity contribution is -0.114. The van der Waals surface area contributed by atoms with E-state index in [-0.39, 0.29) is 23.7 Å². The van der Waals surface area contributed by atoms with Gasteiger partial charge in [0, 0.05) is 0 Å². The quantitative estimate of drug-likeness (QED) is 0.386. The van der Waals surface area contributed by atoms with E-state index in [1.807, 2.05) is 12.1 Å². The zero-order valence-corrected chi connectivity index (χ0v) is 14.1. The maximum Gasteiger partial charge on any atom is 0.713 e. The fraction of sp³-hybridized carbons (Fsp3) is 0.765. The summed E-state index contributed by atoms with van der Waals surface area (Å²) in [6.45, 7) is 4.34. The third-order valence-electron chi connectivity index (χ3n) is 4.55. The summed E-state index contributed by atoms with van der Waals surface area (Å²) < 4.78 is 17.3. The first-order chi connectivity index (χ1) is 11.2. The molecule has 0 spiro atoms. The van der Waals surface area contributed by atoms with Crippen molar-refractivity contribution in [2.24, 2.45) is 5.92 Å². The summed E-state index contributed by atoms with van der Waals surface area (Å²) in [6, 6.07) is 3.93. The van der Waals surface area contributed by atoms with Crippen LogP contribution < -0.4 is 0 Å². The normalized spacial score (nSPS) is 25.7.